The van der Waals surface area contributed by atoms with Crippen molar-refractivity contribution in [3.05, 3.63) is 28.2 Å². The summed E-state index contributed by atoms with van der Waals surface area (Å²) in [6.45, 7) is 9.03. The number of benzene rings is 1. The molecule has 0 radical (unpaired) electrons. The quantitative estimate of drug-likeness (QED) is 0.779. The molecule has 0 atom stereocenters. The van der Waals surface area contributed by atoms with Crippen LogP contribution in [0.1, 0.15) is 19.4 Å². The minimum absolute atomic E-state index is 0.558. The Labute approximate surface area is 123 Å². The molecule has 2 rings (SSSR count). The second kappa shape index (κ2) is 6.27. The number of alkyl halides is 1. The predicted octanol–water partition coefficient (Wildman–Crippen LogP) is 3.72. The van der Waals surface area contributed by atoms with Gasteiger partial charge in [-0.15, -0.1) is 11.6 Å². The normalized spacial score (nSPS) is 17.5. The first kappa shape index (κ1) is 14.2. The molecule has 1 saturated heterocycles. The monoisotopic (exact) mass is 330 g/mol. The Kier molecular flexibility index (Phi) is 4.93. The van der Waals surface area contributed by atoms with Gasteiger partial charge in [-0.25, -0.2) is 0 Å². The van der Waals surface area contributed by atoms with Crippen LogP contribution in [0.4, 0.5) is 5.69 Å². The highest BCUT2D eigenvalue weighted by Crippen LogP contribution is 2.26. The van der Waals surface area contributed by atoms with Gasteiger partial charge in [-0.05, 0) is 31.5 Å². The summed E-state index contributed by atoms with van der Waals surface area (Å²) in [5.41, 5.74) is 2.44. The molecular weight excluding hydrogens is 312 g/mol. The van der Waals surface area contributed by atoms with Crippen LogP contribution in [0, 0.1) is 0 Å². The molecule has 0 aliphatic carbocycles. The lowest BCUT2D eigenvalue weighted by atomic mass is 10.2. The first-order valence-corrected chi connectivity index (χ1v) is 7.78. The van der Waals surface area contributed by atoms with Crippen molar-refractivity contribution in [1.82, 2.24) is 4.90 Å². The molecule has 18 heavy (non-hydrogen) atoms. The van der Waals surface area contributed by atoms with Crippen molar-refractivity contribution in [2.75, 3.05) is 31.1 Å². The Bertz CT molecular complexity index is 401. The zero-order chi connectivity index (χ0) is 13.1. The van der Waals surface area contributed by atoms with E-state index in [1.807, 2.05) is 0 Å². The lowest BCUT2D eigenvalue weighted by molar-refractivity contribution is 0.209. The van der Waals surface area contributed by atoms with Crippen molar-refractivity contribution in [2.24, 2.45) is 0 Å². The summed E-state index contributed by atoms with van der Waals surface area (Å²) < 4.78 is 1.11. The van der Waals surface area contributed by atoms with E-state index in [0.717, 1.165) is 36.2 Å². The van der Waals surface area contributed by atoms with Crippen LogP contribution in [0.15, 0.2) is 22.7 Å². The molecule has 1 aliphatic rings. The molecule has 0 N–H and O–H groups in total. The Balaban J connectivity index is 2.03. The van der Waals surface area contributed by atoms with Gasteiger partial charge in [0.05, 0.1) is 0 Å². The van der Waals surface area contributed by atoms with Crippen LogP contribution >= 0.6 is 27.5 Å². The highest BCUT2D eigenvalue weighted by atomic mass is 79.9. The minimum Gasteiger partial charge on any atom is -0.369 e. The third kappa shape index (κ3) is 3.19. The Morgan fingerprint density at radius 1 is 1.22 bits per heavy atom. The molecule has 1 aromatic carbocycles. The van der Waals surface area contributed by atoms with Crippen molar-refractivity contribution in [3.8, 4) is 0 Å². The summed E-state index contributed by atoms with van der Waals surface area (Å²) in [5.74, 6) is 0.558. The number of rotatable bonds is 3. The zero-order valence-electron chi connectivity index (χ0n) is 11.0. The number of hydrogen-bond donors (Lipinski definition) is 0. The number of hydrogen-bond acceptors (Lipinski definition) is 2. The Morgan fingerprint density at radius 2 is 1.89 bits per heavy atom. The fraction of sp³-hybridized carbons (Fsp3) is 0.571. The van der Waals surface area contributed by atoms with E-state index >= 15 is 0 Å². The molecule has 2 nitrogen and oxygen atoms in total. The molecule has 1 aromatic rings. The van der Waals surface area contributed by atoms with E-state index in [0.29, 0.717) is 11.9 Å². The van der Waals surface area contributed by atoms with E-state index < -0.39 is 0 Å². The molecular formula is C14H20BrClN2. The van der Waals surface area contributed by atoms with Gasteiger partial charge >= 0.3 is 0 Å². The molecule has 0 bridgehead atoms. The molecule has 0 aromatic heterocycles. The smallest absolute Gasteiger partial charge is 0.0485 e. The summed E-state index contributed by atoms with van der Waals surface area (Å²) >= 11 is 9.46. The van der Waals surface area contributed by atoms with Crippen LogP contribution in [-0.4, -0.2) is 37.1 Å². The van der Waals surface area contributed by atoms with Crippen LogP contribution in [0.25, 0.3) is 0 Å². The minimum atomic E-state index is 0.558. The second-order valence-corrected chi connectivity index (χ2v) is 6.15. The van der Waals surface area contributed by atoms with Gasteiger partial charge in [-0.3, -0.25) is 4.90 Å². The lowest BCUT2D eigenvalue weighted by Crippen LogP contribution is -2.48. The predicted molar refractivity (Wildman–Crippen MR) is 82.6 cm³/mol. The van der Waals surface area contributed by atoms with E-state index in [2.05, 4.69) is 57.8 Å². The highest BCUT2D eigenvalue weighted by molar-refractivity contribution is 9.10. The molecule has 0 spiro atoms. The lowest BCUT2D eigenvalue weighted by Gasteiger charge is -2.38. The molecule has 0 amide bonds. The number of anilines is 1. The van der Waals surface area contributed by atoms with Gasteiger partial charge in [0.1, 0.15) is 0 Å². The first-order valence-electron chi connectivity index (χ1n) is 6.45. The van der Waals surface area contributed by atoms with Gasteiger partial charge in [0.15, 0.2) is 0 Å². The number of nitrogens with zero attached hydrogens (tertiary/aromatic N) is 2. The molecule has 1 heterocycles. The summed E-state index contributed by atoms with van der Waals surface area (Å²) in [5, 5.41) is 0. The summed E-state index contributed by atoms with van der Waals surface area (Å²) in [7, 11) is 0. The van der Waals surface area contributed by atoms with E-state index in [-0.39, 0.29) is 0 Å². The summed E-state index contributed by atoms with van der Waals surface area (Å²) in [4.78, 5) is 4.97. The van der Waals surface area contributed by atoms with Crippen LogP contribution in [0.2, 0.25) is 0 Å². The van der Waals surface area contributed by atoms with Gasteiger partial charge < -0.3 is 4.90 Å². The van der Waals surface area contributed by atoms with Crippen molar-refractivity contribution in [2.45, 2.75) is 25.8 Å². The van der Waals surface area contributed by atoms with Gasteiger partial charge in [-0.2, -0.15) is 0 Å². The maximum atomic E-state index is 5.87. The first-order chi connectivity index (χ1) is 8.61. The van der Waals surface area contributed by atoms with Crippen LogP contribution in [-0.2, 0) is 5.88 Å². The molecule has 0 unspecified atom stereocenters. The van der Waals surface area contributed by atoms with Crippen molar-refractivity contribution in [1.29, 1.82) is 0 Å². The highest BCUT2D eigenvalue weighted by Gasteiger charge is 2.19. The average molecular weight is 332 g/mol. The number of piperazine rings is 1. The fourth-order valence-corrected chi connectivity index (χ4v) is 3.24. The molecule has 100 valence electrons. The van der Waals surface area contributed by atoms with Gasteiger partial charge in [0.25, 0.3) is 0 Å². The van der Waals surface area contributed by atoms with Crippen LogP contribution in [0.3, 0.4) is 0 Å². The van der Waals surface area contributed by atoms with E-state index in [1.165, 1.54) is 5.69 Å². The van der Waals surface area contributed by atoms with E-state index in [1.54, 1.807) is 0 Å². The van der Waals surface area contributed by atoms with Crippen molar-refractivity contribution in [3.63, 3.8) is 0 Å². The number of halogens is 2. The summed E-state index contributed by atoms with van der Waals surface area (Å²) in [6.07, 6.45) is 0. The largest absolute Gasteiger partial charge is 0.369 e. The topological polar surface area (TPSA) is 6.48 Å². The molecule has 0 saturated carbocycles. The summed E-state index contributed by atoms with van der Waals surface area (Å²) in [6, 6.07) is 7.12. The van der Waals surface area contributed by atoms with Gasteiger partial charge in [-0.1, -0.05) is 22.0 Å². The van der Waals surface area contributed by atoms with E-state index in [9.17, 15) is 0 Å². The third-order valence-electron chi connectivity index (χ3n) is 3.59. The Morgan fingerprint density at radius 3 is 2.39 bits per heavy atom. The Hall–Kier alpha value is -0.250. The SMILES string of the molecule is CC(C)N1CCN(c2ccc(CCl)c(Br)c2)CC1. The second-order valence-electron chi connectivity index (χ2n) is 5.03. The van der Waals surface area contributed by atoms with Crippen LogP contribution < -0.4 is 4.90 Å². The molecule has 1 fully saturated rings. The molecule has 1 aliphatic heterocycles. The van der Waals surface area contributed by atoms with Gasteiger partial charge in [0.2, 0.25) is 0 Å². The van der Waals surface area contributed by atoms with Gasteiger partial charge in [0, 0.05) is 48.3 Å². The zero-order valence-corrected chi connectivity index (χ0v) is 13.3. The maximum Gasteiger partial charge on any atom is 0.0485 e. The van der Waals surface area contributed by atoms with Crippen LogP contribution in [0.5, 0.6) is 0 Å². The standard InChI is InChI=1S/C14H20BrClN2/c1-11(2)17-5-7-18(8-6-17)13-4-3-12(10-16)14(15)9-13/h3-4,9,11H,5-8,10H2,1-2H3. The fourth-order valence-electron chi connectivity index (χ4n) is 2.34. The van der Waals surface area contributed by atoms with Crippen molar-refractivity contribution >= 4 is 33.2 Å². The molecule has 4 heteroatoms. The average Bonchev–Trinajstić information content (AvgIpc) is 2.38. The third-order valence-corrected chi connectivity index (χ3v) is 4.62. The van der Waals surface area contributed by atoms with Crippen molar-refractivity contribution < 1.29 is 0 Å². The van der Waals surface area contributed by atoms with E-state index in [4.69, 9.17) is 11.6 Å². The maximum absolute atomic E-state index is 5.87.